The standard InChI is InChI=1S/C24H30F3N5O3S2/c1-14(2)23-8-4-5-9-32(23)21(33)16-12-18(36-20(16)23)19-17(24(25,26)27)13-28-22(30-19)29-15-6-10-31(11-7-15)37(3,34)35/h12-15H,4-11H2,1-3H3,(H,28,29,30). The number of nitrogens with zero attached hydrogens (tertiary/aromatic N) is 4. The van der Waals surface area contributed by atoms with E-state index >= 15 is 0 Å². The summed E-state index contributed by atoms with van der Waals surface area (Å²) in [5.74, 6) is 0.0510. The van der Waals surface area contributed by atoms with Crippen LogP contribution in [-0.4, -0.2) is 65.4 Å². The molecule has 3 aliphatic rings. The third kappa shape index (κ3) is 4.52. The molecule has 0 bridgehead atoms. The van der Waals surface area contributed by atoms with Crippen LogP contribution in [0, 0.1) is 5.92 Å². The zero-order valence-corrected chi connectivity index (χ0v) is 22.6. The van der Waals surface area contributed by atoms with E-state index in [0.717, 1.165) is 36.6 Å². The van der Waals surface area contributed by atoms with Crippen LogP contribution in [0.1, 0.15) is 66.8 Å². The van der Waals surface area contributed by atoms with Crippen LogP contribution in [0.2, 0.25) is 0 Å². The highest BCUT2D eigenvalue weighted by atomic mass is 32.2. The molecule has 2 aromatic heterocycles. The number of amides is 1. The molecule has 0 spiro atoms. The number of thiophene rings is 1. The molecule has 2 saturated heterocycles. The van der Waals surface area contributed by atoms with Crippen molar-refractivity contribution in [3.8, 4) is 10.6 Å². The molecule has 13 heteroatoms. The van der Waals surface area contributed by atoms with Crippen LogP contribution in [0.3, 0.4) is 0 Å². The van der Waals surface area contributed by atoms with E-state index in [-0.39, 0.29) is 29.5 Å². The Labute approximate surface area is 218 Å². The van der Waals surface area contributed by atoms with Gasteiger partial charge in [-0.05, 0) is 44.1 Å². The summed E-state index contributed by atoms with van der Waals surface area (Å²) in [7, 11) is -3.29. The van der Waals surface area contributed by atoms with Crippen LogP contribution in [0.25, 0.3) is 10.6 Å². The summed E-state index contributed by atoms with van der Waals surface area (Å²) >= 11 is 1.23. The Morgan fingerprint density at radius 2 is 1.89 bits per heavy atom. The van der Waals surface area contributed by atoms with Gasteiger partial charge in [0.05, 0.1) is 27.9 Å². The molecule has 1 N–H and O–H groups in total. The SMILES string of the molecule is CC(C)C12CCCCN1C(=O)c1cc(-c3nc(NC4CCN(S(C)(=O)=O)CC4)ncc3C(F)(F)F)sc12. The van der Waals surface area contributed by atoms with E-state index in [1.165, 1.54) is 15.6 Å². The molecule has 3 aliphatic heterocycles. The van der Waals surface area contributed by atoms with E-state index in [0.29, 0.717) is 42.9 Å². The van der Waals surface area contributed by atoms with E-state index in [1.54, 1.807) is 6.07 Å². The summed E-state index contributed by atoms with van der Waals surface area (Å²) in [4.78, 5) is 24.6. The van der Waals surface area contributed by atoms with Crippen molar-refractivity contribution in [2.24, 2.45) is 5.92 Å². The number of halogens is 3. The topological polar surface area (TPSA) is 95.5 Å². The van der Waals surface area contributed by atoms with Gasteiger partial charge in [0.1, 0.15) is 5.56 Å². The Balaban J connectivity index is 1.49. The van der Waals surface area contributed by atoms with Crippen molar-refractivity contribution in [3.63, 3.8) is 0 Å². The fourth-order valence-electron chi connectivity index (χ4n) is 5.87. The smallest absolute Gasteiger partial charge is 0.351 e. The summed E-state index contributed by atoms with van der Waals surface area (Å²) < 4.78 is 66.9. The third-order valence-electron chi connectivity index (χ3n) is 7.81. The maximum atomic E-state index is 14.0. The summed E-state index contributed by atoms with van der Waals surface area (Å²) in [5, 5.41) is 3.09. The Hall–Kier alpha value is -2.25. The van der Waals surface area contributed by atoms with Gasteiger partial charge in [-0.25, -0.2) is 22.7 Å². The van der Waals surface area contributed by atoms with Gasteiger partial charge < -0.3 is 10.2 Å². The molecule has 1 atom stereocenters. The second-order valence-corrected chi connectivity index (χ2v) is 13.4. The average Bonchev–Trinajstić information content (AvgIpc) is 3.37. The summed E-state index contributed by atoms with van der Waals surface area (Å²) in [6.45, 7) is 5.41. The monoisotopic (exact) mass is 557 g/mol. The number of fused-ring (bicyclic) bond motifs is 3. The number of hydrogen-bond donors (Lipinski definition) is 1. The number of carbonyl (C=O) groups excluding carboxylic acids is 1. The van der Waals surface area contributed by atoms with Crippen LogP contribution < -0.4 is 5.32 Å². The van der Waals surface area contributed by atoms with Gasteiger partial charge in [-0.15, -0.1) is 11.3 Å². The van der Waals surface area contributed by atoms with Gasteiger partial charge in [0, 0.05) is 36.8 Å². The number of hydrogen-bond acceptors (Lipinski definition) is 7. The zero-order valence-electron chi connectivity index (χ0n) is 20.9. The van der Waals surface area contributed by atoms with E-state index in [9.17, 15) is 26.4 Å². The van der Waals surface area contributed by atoms with E-state index in [1.807, 2.05) is 4.90 Å². The molecule has 2 fully saturated rings. The maximum Gasteiger partial charge on any atom is 0.420 e. The van der Waals surface area contributed by atoms with Crippen molar-refractivity contribution < 1.29 is 26.4 Å². The van der Waals surface area contributed by atoms with Gasteiger partial charge in [0.2, 0.25) is 16.0 Å². The fraction of sp³-hybridized carbons (Fsp3) is 0.625. The van der Waals surface area contributed by atoms with Crippen molar-refractivity contribution in [2.75, 3.05) is 31.2 Å². The number of alkyl halides is 3. The van der Waals surface area contributed by atoms with Crippen LogP contribution >= 0.6 is 11.3 Å². The summed E-state index contributed by atoms with van der Waals surface area (Å²) in [6.07, 6.45) is 0.923. The van der Waals surface area contributed by atoms with Crippen molar-refractivity contribution in [3.05, 3.63) is 28.3 Å². The van der Waals surface area contributed by atoms with Gasteiger partial charge in [-0.3, -0.25) is 4.79 Å². The predicted molar refractivity (Wildman–Crippen MR) is 135 cm³/mol. The molecule has 5 heterocycles. The van der Waals surface area contributed by atoms with Crippen molar-refractivity contribution in [1.29, 1.82) is 0 Å². The Morgan fingerprint density at radius 3 is 2.51 bits per heavy atom. The lowest BCUT2D eigenvalue weighted by Crippen LogP contribution is -2.50. The Morgan fingerprint density at radius 1 is 1.19 bits per heavy atom. The van der Waals surface area contributed by atoms with Crippen LogP contribution in [0.5, 0.6) is 0 Å². The number of sulfonamides is 1. The number of anilines is 1. The highest BCUT2D eigenvalue weighted by Crippen LogP contribution is 2.54. The lowest BCUT2D eigenvalue weighted by molar-refractivity contribution is -0.137. The van der Waals surface area contributed by atoms with Crippen LogP contribution in [-0.2, 0) is 21.7 Å². The first kappa shape index (κ1) is 26.4. The van der Waals surface area contributed by atoms with Crippen molar-refractivity contribution in [1.82, 2.24) is 19.2 Å². The van der Waals surface area contributed by atoms with Gasteiger partial charge in [-0.2, -0.15) is 13.2 Å². The number of rotatable bonds is 5. The van der Waals surface area contributed by atoms with E-state index < -0.39 is 27.3 Å². The van der Waals surface area contributed by atoms with Crippen LogP contribution in [0.4, 0.5) is 19.1 Å². The lowest BCUT2D eigenvalue weighted by Gasteiger charge is -2.45. The minimum atomic E-state index is -4.67. The average molecular weight is 558 g/mol. The highest BCUT2D eigenvalue weighted by Gasteiger charge is 2.54. The second kappa shape index (κ2) is 9.19. The Bertz CT molecular complexity index is 1320. The molecule has 0 radical (unpaired) electrons. The predicted octanol–water partition coefficient (Wildman–Crippen LogP) is 4.55. The fourth-order valence-corrected chi connectivity index (χ4v) is 8.28. The molecule has 0 aromatic carbocycles. The van der Waals surface area contributed by atoms with Gasteiger partial charge in [-0.1, -0.05) is 13.8 Å². The number of aromatic nitrogens is 2. The molecule has 2 aromatic rings. The third-order valence-corrected chi connectivity index (χ3v) is 10.4. The first-order chi connectivity index (χ1) is 17.3. The molecule has 1 amide bonds. The first-order valence-electron chi connectivity index (χ1n) is 12.4. The number of nitrogens with one attached hydrogen (secondary N) is 1. The zero-order chi connectivity index (χ0) is 26.8. The molecule has 202 valence electrons. The molecular formula is C24H30F3N5O3S2. The molecule has 5 rings (SSSR count). The molecule has 1 unspecified atom stereocenters. The first-order valence-corrected chi connectivity index (χ1v) is 15.1. The van der Waals surface area contributed by atoms with E-state index in [4.69, 9.17) is 0 Å². The lowest BCUT2D eigenvalue weighted by atomic mass is 9.78. The van der Waals surface area contributed by atoms with Gasteiger partial charge in [0.25, 0.3) is 5.91 Å². The van der Waals surface area contributed by atoms with Crippen LogP contribution in [0.15, 0.2) is 12.3 Å². The largest absolute Gasteiger partial charge is 0.420 e. The summed E-state index contributed by atoms with van der Waals surface area (Å²) in [5.41, 5.74) is -1.21. The normalized spacial score (nSPS) is 23.4. The van der Waals surface area contributed by atoms with Gasteiger partial charge in [0.15, 0.2) is 0 Å². The quantitative estimate of drug-likeness (QED) is 0.580. The molecule has 0 aliphatic carbocycles. The molecule has 37 heavy (non-hydrogen) atoms. The molecule has 0 saturated carbocycles. The maximum absolute atomic E-state index is 14.0. The number of carbonyl (C=O) groups is 1. The van der Waals surface area contributed by atoms with Gasteiger partial charge >= 0.3 is 6.18 Å². The van der Waals surface area contributed by atoms with E-state index in [2.05, 4.69) is 29.1 Å². The highest BCUT2D eigenvalue weighted by molar-refractivity contribution is 7.88. The van der Waals surface area contributed by atoms with Crippen molar-refractivity contribution >= 4 is 33.2 Å². The number of piperidine rings is 2. The molecular weight excluding hydrogens is 527 g/mol. The minimum Gasteiger partial charge on any atom is -0.351 e. The second-order valence-electron chi connectivity index (χ2n) is 10.4. The summed E-state index contributed by atoms with van der Waals surface area (Å²) in [6, 6.07) is 1.40. The molecule has 8 nitrogen and oxygen atoms in total. The minimum absolute atomic E-state index is 0.0542. The Kier molecular flexibility index (Phi) is 6.55. The van der Waals surface area contributed by atoms with Crippen molar-refractivity contribution in [2.45, 2.75) is 63.7 Å².